The van der Waals surface area contributed by atoms with Gasteiger partial charge in [-0.15, -0.1) is 0 Å². The lowest BCUT2D eigenvalue weighted by molar-refractivity contribution is -0.164. The first-order chi connectivity index (χ1) is 21.7. The Morgan fingerprint density at radius 3 is 1.30 bits per heavy atom. The zero-order valence-electron chi connectivity index (χ0n) is 29.6. The lowest BCUT2D eigenvalue weighted by Crippen LogP contribution is -2.34. The first-order valence-corrected chi connectivity index (χ1v) is 19.3. The zero-order valence-corrected chi connectivity index (χ0v) is 29.6. The molecule has 2 aliphatic rings. The molecule has 2 rings (SSSR count). The molecule has 1 spiro atoms. The van der Waals surface area contributed by atoms with Crippen molar-refractivity contribution in [2.24, 2.45) is 0 Å². The second-order valence-corrected chi connectivity index (χ2v) is 13.7. The highest BCUT2D eigenvalue weighted by Gasteiger charge is 2.49. The Labute approximate surface area is 275 Å². The Hall–Kier alpha value is -1.16. The van der Waals surface area contributed by atoms with Crippen LogP contribution in [-0.2, 0) is 9.47 Å². The van der Waals surface area contributed by atoms with E-state index in [9.17, 15) is 0 Å². The van der Waals surface area contributed by atoms with Crippen LogP contribution < -0.4 is 0 Å². The summed E-state index contributed by atoms with van der Waals surface area (Å²) in [5, 5.41) is 0. The van der Waals surface area contributed by atoms with Crippen LogP contribution in [-0.4, -0.2) is 43.0 Å². The quantitative estimate of drug-likeness (QED) is 0.0649. The average Bonchev–Trinajstić information content (AvgIpc) is 3.56. The number of hydrogen-bond acceptors (Lipinski definition) is 3. The Kier molecular flexibility index (Phi) is 23.9. The lowest BCUT2D eigenvalue weighted by atomic mass is 9.99. The van der Waals surface area contributed by atoms with Crippen LogP contribution in [0.25, 0.3) is 0 Å². The van der Waals surface area contributed by atoms with Gasteiger partial charge >= 0.3 is 0 Å². The molecule has 3 heteroatoms. The van der Waals surface area contributed by atoms with Crippen molar-refractivity contribution in [3.63, 3.8) is 0 Å². The number of likely N-dealkylation sites (tertiary alicyclic amines) is 1. The van der Waals surface area contributed by atoms with E-state index >= 15 is 0 Å². The van der Waals surface area contributed by atoms with Gasteiger partial charge in [0, 0.05) is 13.0 Å². The number of nitrogens with zero attached hydrogens (tertiary/aromatic N) is 1. The minimum atomic E-state index is -0.321. The molecule has 0 saturated carbocycles. The predicted octanol–water partition coefficient (Wildman–Crippen LogP) is 12.4. The van der Waals surface area contributed by atoms with Crippen molar-refractivity contribution >= 4 is 0 Å². The number of allylic oxidation sites excluding steroid dienone is 8. The maximum atomic E-state index is 6.70. The predicted molar refractivity (Wildman–Crippen MR) is 193 cm³/mol. The summed E-state index contributed by atoms with van der Waals surface area (Å²) in [6.45, 7) is 6.56. The highest BCUT2D eigenvalue weighted by Crippen LogP contribution is 2.39. The molecular weight excluding hydrogens is 538 g/mol. The van der Waals surface area contributed by atoms with E-state index in [4.69, 9.17) is 9.47 Å². The molecule has 0 bridgehead atoms. The Morgan fingerprint density at radius 1 is 0.523 bits per heavy atom. The lowest BCUT2D eigenvalue weighted by Gasteiger charge is -2.22. The Bertz CT molecular complexity index is 715. The van der Waals surface area contributed by atoms with Gasteiger partial charge in [-0.3, -0.25) is 0 Å². The highest BCUT2D eigenvalue weighted by atomic mass is 16.8. The summed E-state index contributed by atoms with van der Waals surface area (Å²) in [6.07, 6.45) is 51.2. The van der Waals surface area contributed by atoms with E-state index in [1.807, 2.05) is 0 Å². The van der Waals surface area contributed by atoms with Crippen LogP contribution in [0.3, 0.4) is 0 Å². The number of rotatable bonds is 28. The number of likely N-dealkylation sites (N-methyl/N-ethyl adjacent to an activating group) is 1. The van der Waals surface area contributed by atoms with E-state index in [2.05, 4.69) is 74.4 Å². The fourth-order valence-corrected chi connectivity index (χ4v) is 6.66. The molecule has 2 atom stereocenters. The normalized spacial score (nSPS) is 22.9. The average molecular weight is 612 g/mol. The van der Waals surface area contributed by atoms with Crippen LogP contribution in [0.5, 0.6) is 0 Å². The van der Waals surface area contributed by atoms with E-state index in [1.165, 1.54) is 141 Å². The molecule has 2 saturated heterocycles. The van der Waals surface area contributed by atoms with Crippen LogP contribution in [0.1, 0.15) is 174 Å². The SMILES string of the molecule is CCCCC/C=C\C/C=C\CCCCCCCC1OC2(CCN(C)C2)OC1CCCCCCC/C=C\C/C=C\CCCCC. The maximum Gasteiger partial charge on any atom is 0.183 e. The third-order valence-corrected chi connectivity index (χ3v) is 9.41. The molecule has 3 nitrogen and oxygen atoms in total. The molecule has 0 amide bonds. The van der Waals surface area contributed by atoms with Gasteiger partial charge in [-0.1, -0.05) is 140 Å². The summed E-state index contributed by atoms with van der Waals surface area (Å²) in [5.74, 6) is -0.321. The van der Waals surface area contributed by atoms with Crippen molar-refractivity contribution in [2.75, 3.05) is 20.1 Å². The van der Waals surface area contributed by atoms with Crippen molar-refractivity contribution in [1.29, 1.82) is 0 Å². The van der Waals surface area contributed by atoms with Crippen molar-refractivity contribution in [2.45, 2.75) is 192 Å². The molecule has 2 fully saturated rings. The van der Waals surface area contributed by atoms with Crippen LogP contribution in [0.2, 0.25) is 0 Å². The summed E-state index contributed by atoms with van der Waals surface area (Å²) >= 11 is 0. The van der Waals surface area contributed by atoms with Crippen LogP contribution >= 0.6 is 0 Å². The van der Waals surface area contributed by atoms with Gasteiger partial charge in [0.2, 0.25) is 0 Å². The highest BCUT2D eigenvalue weighted by molar-refractivity contribution is 4.94. The summed E-state index contributed by atoms with van der Waals surface area (Å²) in [6, 6.07) is 0. The van der Waals surface area contributed by atoms with Gasteiger partial charge in [0.25, 0.3) is 0 Å². The van der Waals surface area contributed by atoms with E-state index in [0.29, 0.717) is 12.2 Å². The second kappa shape index (κ2) is 27.0. The molecule has 0 aromatic heterocycles. The molecule has 0 aromatic carbocycles. The van der Waals surface area contributed by atoms with Gasteiger partial charge in [-0.05, 0) is 84.1 Å². The Balaban J connectivity index is 1.51. The Morgan fingerprint density at radius 2 is 0.909 bits per heavy atom. The van der Waals surface area contributed by atoms with Crippen LogP contribution in [0, 0.1) is 0 Å². The molecule has 0 N–H and O–H groups in total. The zero-order chi connectivity index (χ0) is 31.4. The molecule has 0 aliphatic carbocycles. The van der Waals surface area contributed by atoms with Gasteiger partial charge < -0.3 is 14.4 Å². The standard InChI is InChI=1S/C41H73NO2/c1-4-6-8-10-12-14-16-18-20-22-24-26-28-30-32-34-39-40(44-41(43-39)36-37-42(3)38-41)35-33-31-29-27-25-23-21-19-17-15-13-11-9-7-5-2/h12-15,18-21,39-40H,4-11,16-17,22-38H2,1-3H3/b14-12-,15-13-,20-18-,21-19-. The van der Waals surface area contributed by atoms with Gasteiger partial charge in [-0.25, -0.2) is 0 Å². The van der Waals surface area contributed by atoms with E-state index in [1.54, 1.807) is 0 Å². The molecule has 0 aromatic rings. The molecular formula is C41H73NO2. The second-order valence-electron chi connectivity index (χ2n) is 13.7. The largest absolute Gasteiger partial charge is 0.343 e. The van der Waals surface area contributed by atoms with Crippen LogP contribution in [0.4, 0.5) is 0 Å². The third-order valence-electron chi connectivity index (χ3n) is 9.41. The van der Waals surface area contributed by atoms with Gasteiger partial charge in [0.1, 0.15) is 0 Å². The fraction of sp³-hybridized carbons (Fsp3) is 0.805. The van der Waals surface area contributed by atoms with Crippen LogP contribution in [0.15, 0.2) is 48.6 Å². The molecule has 2 heterocycles. The van der Waals surface area contributed by atoms with Crippen molar-refractivity contribution < 1.29 is 9.47 Å². The number of unbranched alkanes of at least 4 members (excludes halogenated alkanes) is 16. The fourth-order valence-electron chi connectivity index (χ4n) is 6.66. The van der Waals surface area contributed by atoms with Gasteiger partial charge in [0.05, 0.1) is 18.8 Å². The van der Waals surface area contributed by atoms with Gasteiger partial charge in [0.15, 0.2) is 5.79 Å². The molecule has 44 heavy (non-hydrogen) atoms. The van der Waals surface area contributed by atoms with E-state index in [0.717, 1.165) is 32.4 Å². The topological polar surface area (TPSA) is 21.7 Å². The molecule has 0 radical (unpaired) electrons. The van der Waals surface area contributed by atoms with Crippen molar-refractivity contribution in [1.82, 2.24) is 4.90 Å². The van der Waals surface area contributed by atoms with Crippen molar-refractivity contribution in [3.8, 4) is 0 Å². The summed E-state index contributed by atoms with van der Waals surface area (Å²) in [7, 11) is 2.20. The number of hydrogen-bond donors (Lipinski definition) is 0. The summed E-state index contributed by atoms with van der Waals surface area (Å²) in [5.41, 5.74) is 0. The third kappa shape index (κ3) is 19.4. The monoisotopic (exact) mass is 612 g/mol. The first kappa shape index (κ1) is 39.0. The summed E-state index contributed by atoms with van der Waals surface area (Å²) in [4.78, 5) is 2.37. The molecule has 254 valence electrons. The van der Waals surface area contributed by atoms with Gasteiger partial charge in [-0.2, -0.15) is 0 Å². The van der Waals surface area contributed by atoms with Crippen molar-refractivity contribution in [3.05, 3.63) is 48.6 Å². The first-order valence-electron chi connectivity index (χ1n) is 19.3. The van der Waals surface area contributed by atoms with E-state index in [-0.39, 0.29) is 5.79 Å². The molecule has 2 aliphatic heterocycles. The summed E-state index contributed by atoms with van der Waals surface area (Å²) < 4.78 is 13.4. The maximum absolute atomic E-state index is 6.70. The smallest absolute Gasteiger partial charge is 0.183 e. The number of ether oxygens (including phenoxy) is 2. The molecule has 2 unspecified atom stereocenters. The minimum absolute atomic E-state index is 0.297. The van der Waals surface area contributed by atoms with E-state index < -0.39 is 0 Å². The minimum Gasteiger partial charge on any atom is -0.343 e.